The van der Waals surface area contributed by atoms with E-state index in [0.29, 0.717) is 5.56 Å². The van der Waals surface area contributed by atoms with Gasteiger partial charge in [-0.05, 0) is 76.9 Å². The fraction of sp³-hybridized carbons (Fsp3) is 0.381. The van der Waals surface area contributed by atoms with Crippen molar-refractivity contribution in [1.29, 1.82) is 0 Å². The van der Waals surface area contributed by atoms with Crippen molar-refractivity contribution in [2.75, 3.05) is 0 Å². The highest BCUT2D eigenvalue weighted by atomic mass is 32.2. The number of amides is 1. The molecule has 0 aliphatic carbocycles. The number of carbonyl (C=O) groups is 1. The van der Waals surface area contributed by atoms with Crippen LogP contribution in [-0.2, 0) is 10.0 Å². The van der Waals surface area contributed by atoms with Crippen LogP contribution in [0.25, 0.3) is 0 Å². The maximum atomic E-state index is 12.5. The van der Waals surface area contributed by atoms with E-state index in [0.717, 1.165) is 16.7 Å². The van der Waals surface area contributed by atoms with E-state index in [-0.39, 0.29) is 16.8 Å². The fourth-order valence-electron chi connectivity index (χ4n) is 2.83. The zero-order chi connectivity index (χ0) is 20.4. The van der Waals surface area contributed by atoms with Crippen LogP contribution in [-0.4, -0.2) is 19.9 Å². The van der Waals surface area contributed by atoms with Gasteiger partial charge in [-0.2, -0.15) is 0 Å². The monoisotopic (exact) mass is 388 g/mol. The third kappa shape index (κ3) is 5.65. The largest absolute Gasteiger partial charge is 0.346 e. The zero-order valence-corrected chi connectivity index (χ0v) is 17.6. The molecule has 0 aliphatic rings. The standard InChI is InChI=1S/C21H28N2O3S/c1-14-7-8-15(2)19(13-14)16(3)22-20(24)17-9-11-18(12-10-17)27(25,26)23-21(4,5)6/h7-13,16,23H,1-6H3,(H,22,24). The number of rotatable bonds is 5. The number of benzene rings is 2. The summed E-state index contributed by atoms with van der Waals surface area (Å²) in [6.45, 7) is 11.3. The van der Waals surface area contributed by atoms with Gasteiger partial charge in [0, 0.05) is 11.1 Å². The molecule has 1 amide bonds. The number of aryl methyl sites for hydroxylation is 2. The summed E-state index contributed by atoms with van der Waals surface area (Å²) in [5.74, 6) is -0.240. The molecule has 0 heterocycles. The van der Waals surface area contributed by atoms with Crippen molar-refractivity contribution in [3.8, 4) is 0 Å². The quantitative estimate of drug-likeness (QED) is 0.816. The van der Waals surface area contributed by atoms with Crippen LogP contribution in [0.15, 0.2) is 47.4 Å². The lowest BCUT2D eigenvalue weighted by atomic mass is 10.00. The molecule has 5 nitrogen and oxygen atoms in total. The van der Waals surface area contributed by atoms with Gasteiger partial charge in [-0.3, -0.25) is 4.79 Å². The van der Waals surface area contributed by atoms with Gasteiger partial charge in [-0.15, -0.1) is 0 Å². The topological polar surface area (TPSA) is 75.3 Å². The maximum Gasteiger partial charge on any atom is 0.251 e. The maximum absolute atomic E-state index is 12.5. The molecular weight excluding hydrogens is 360 g/mol. The van der Waals surface area contributed by atoms with Crippen molar-refractivity contribution in [1.82, 2.24) is 10.0 Å². The van der Waals surface area contributed by atoms with Crippen molar-refractivity contribution in [3.05, 3.63) is 64.7 Å². The van der Waals surface area contributed by atoms with E-state index in [4.69, 9.17) is 0 Å². The second-order valence-electron chi connectivity index (χ2n) is 7.94. The lowest BCUT2D eigenvalue weighted by molar-refractivity contribution is 0.0939. The number of carbonyl (C=O) groups excluding carboxylic acids is 1. The van der Waals surface area contributed by atoms with E-state index >= 15 is 0 Å². The smallest absolute Gasteiger partial charge is 0.251 e. The second kappa shape index (κ2) is 7.82. The van der Waals surface area contributed by atoms with Crippen LogP contribution in [0.4, 0.5) is 0 Å². The molecule has 1 unspecified atom stereocenters. The SMILES string of the molecule is Cc1ccc(C)c(C(C)NC(=O)c2ccc(S(=O)(=O)NC(C)(C)C)cc2)c1. The van der Waals surface area contributed by atoms with Crippen molar-refractivity contribution in [3.63, 3.8) is 0 Å². The summed E-state index contributed by atoms with van der Waals surface area (Å²) in [5.41, 5.74) is 3.16. The van der Waals surface area contributed by atoms with Crippen molar-refractivity contribution in [2.45, 2.75) is 58.0 Å². The molecule has 6 heteroatoms. The summed E-state index contributed by atoms with van der Waals surface area (Å²) >= 11 is 0. The highest BCUT2D eigenvalue weighted by Gasteiger charge is 2.22. The number of hydrogen-bond donors (Lipinski definition) is 2. The second-order valence-corrected chi connectivity index (χ2v) is 9.62. The average molecular weight is 389 g/mol. The molecule has 2 N–H and O–H groups in total. The molecule has 2 aromatic rings. The molecule has 0 radical (unpaired) electrons. The zero-order valence-electron chi connectivity index (χ0n) is 16.8. The molecule has 0 saturated heterocycles. The van der Waals surface area contributed by atoms with Crippen molar-refractivity contribution >= 4 is 15.9 Å². The van der Waals surface area contributed by atoms with Crippen molar-refractivity contribution < 1.29 is 13.2 Å². The summed E-state index contributed by atoms with van der Waals surface area (Å²) in [6, 6.07) is 12.0. The molecule has 0 spiro atoms. The molecule has 2 rings (SSSR count). The summed E-state index contributed by atoms with van der Waals surface area (Å²) in [5, 5.41) is 2.97. The molecule has 0 bridgehead atoms. The van der Waals surface area contributed by atoms with Gasteiger partial charge in [0.1, 0.15) is 0 Å². The minimum Gasteiger partial charge on any atom is -0.346 e. The van der Waals surface area contributed by atoms with Crippen LogP contribution < -0.4 is 10.0 Å². The Bertz CT molecular complexity index is 927. The molecule has 0 fully saturated rings. The molecule has 0 aromatic heterocycles. The minimum atomic E-state index is -3.62. The first-order valence-electron chi connectivity index (χ1n) is 8.91. The number of nitrogens with one attached hydrogen (secondary N) is 2. The first-order valence-corrected chi connectivity index (χ1v) is 10.4. The van der Waals surface area contributed by atoms with E-state index in [1.54, 1.807) is 20.8 Å². The van der Waals surface area contributed by atoms with Gasteiger partial charge >= 0.3 is 0 Å². The average Bonchev–Trinajstić information content (AvgIpc) is 2.55. The Hall–Kier alpha value is -2.18. The van der Waals surface area contributed by atoms with E-state index < -0.39 is 15.6 Å². The van der Waals surface area contributed by atoms with E-state index in [2.05, 4.69) is 16.1 Å². The van der Waals surface area contributed by atoms with Gasteiger partial charge in [-0.1, -0.05) is 23.8 Å². The van der Waals surface area contributed by atoms with Gasteiger partial charge in [0.2, 0.25) is 10.0 Å². The van der Waals surface area contributed by atoms with E-state index in [9.17, 15) is 13.2 Å². The van der Waals surface area contributed by atoms with E-state index in [1.807, 2.05) is 32.9 Å². The van der Waals surface area contributed by atoms with Gasteiger partial charge in [-0.25, -0.2) is 13.1 Å². The Kier molecular flexibility index (Phi) is 6.12. The summed E-state index contributed by atoms with van der Waals surface area (Å²) in [4.78, 5) is 12.7. The highest BCUT2D eigenvalue weighted by molar-refractivity contribution is 7.89. The first kappa shape index (κ1) is 21.1. The molecule has 0 aliphatic heterocycles. The van der Waals surface area contributed by atoms with E-state index in [1.165, 1.54) is 24.3 Å². The van der Waals surface area contributed by atoms with Crippen LogP contribution in [0.2, 0.25) is 0 Å². The number of hydrogen-bond acceptors (Lipinski definition) is 3. The minimum absolute atomic E-state index is 0.136. The molecule has 0 saturated carbocycles. The van der Waals surface area contributed by atoms with Crippen LogP contribution in [0.5, 0.6) is 0 Å². The molecule has 2 aromatic carbocycles. The molecule has 146 valence electrons. The lowest BCUT2D eigenvalue weighted by Gasteiger charge is -2.20. The normalized spacial score (nSPS) is 13.3. The Morgan fingerprint density at radius 1 is 1.00 bits per heavy atom. The molecule has 27 heavy (non-hydrogen) atoms. The van der Waals surface area contributed by atoms with Gasteiger partial charge < -0.3 is 5.32 Å². The van der Waals surface area contributed by atoms with Gasteiger partial charge in [0.15, 0.2) is 0 Å². The van der Waals surface area contributed by atoms with Gasteiger partial charge in [0.25, 0.3) is 5.91 Å². The highest BCUT2D eigenvalue weighted by Crippen LogP contribution is 2.20. The summed E-state index contributed by atoms with van der Waals surface area (Å²) in [6.07, 6.45) is 0. The summed E-state index contributed by atoms with van der Waals surface area (Å²) in [7, 11) is -3.62. The summed E-state index contributed by atoms with van der Waals surface area (Å²) < 4.78 is 27.3. The van der Waals surface area contributed by atoms with Gasteiger partial charge in [0.05, 0.1) is 10.9 Å². The number of sulfonamides is 1. The third-order valence-electron chi connectivity index (χ3n) is 4.12. The van der Waals surface area contributed by atoms with Crippen molar-refractivity contribution in [2.24, 2.45) is 0 Å². The van der Waals surface area contributed by atoms with Crippen LogP contribution in [0.3, 0.4) is 0 Å². The molecular formula is C21H28N2O3S. The van der Waals surface area contributed by atoms with Crippen LogP contribution in [0, 0.1) is 13.8 Å². The Balaban J connectivity index is 2.15. The Labute approximate surface area is 162 Å². The fourth-order valence-corrected chi connectivity index (χ4v) is 4.25. The van der Waals surface area contributed by atoms with Crippen LogP contribution >= 0.6 is 0 Å². The predicted molar refractivity (Wildman–Crippen MR) is 108 cm³/mol. The molecule has 1 atom stereocenters. The predicted octanol–water partition coefficient (Wildman–Crippen LogP) is 3.87. The lowest BCUT2D eigenvalue weighted by Crippen LogP contribution is -2.40. The Morgan fingerprint density at radius 3 is 2.15 bits per heavy atom. The first-order chi connectivity index (χ1) is 12.4. The third-order valence-corrected chi connectivity index (χ3v) is 5.89. The van der Waals surface area contributed by atoms with Crippen LogP contribution in [0.1, 0.15) is 60.8 Å². The Morgan fingerprint density at radius 2 is 1.59 bits per heavy atom.